The van der Waals surface area contributed by atoms with E-state index in [0.29, 0.717) is 28.4 Å². The number of aromatic amines is 1. The van der Waals surface area contributed by atoms with E-state index in [1.54, 1.807) is 24.3 Å². The summed E-state index contributed by atoms with van der Waals surface area (Å²) in [5.74, 6) is 1.04. The van der Waals surface area contributed by atoms with E-state index in [4.69, 9.17) is 9.15 Å². The number of furan rings is 1. The van der Waals surface area contributed by atoms with E-state index < -0.39 is 0 Å². The summed E-state index contributed by atoms with van der Waals surface area (Å²) >= 11 is 0. The summed E-state index contributed by atoms with van der Waals surface area (Å²) < 4.78 is 24.0. The number of ether oxygens (including phenoxy) is 1. The summed E-state index contributed by atoms with van der Waals surface area (Å²) in [6, 6.07) is 21.2. The molecule has 0 bridgehead atoms. The largest absolute Gasteiger partial charge is 0.485 e. The third-order valence-electron chi connectivity index (χ3n) is 4.72. The number of Topliss-reactive ketones (excluding diaryl/α,β-unsaturated/α-hetero) is 1. The number of benzene rings is 3. The molecule has 1 aliphatic heterocycles. The number of carbonyl (C=O) groups excluding carboxylic acids is 1. The lowest BCUT2D eigenvalue weighted by atomic mass is 10.2. The molecule has 5 aromatic rings. The van der Waals surface area contributed by atoms with Crippen molar-refractivity contribution in [3.8, 4) is 5.75 Å². The van der Waals surface area contributed by atoms with Crippen molar-refractivity contribution in [3.63, 3.8) is 0 Å². The molecular weight excluding hydrogens is 385 g/mol. The molecule has 1 aliphatic rings. The minimum absolute atomic E-state index is 0.0793. The van der Waals surface area contributed by atoms with Gasteiger partial charge in [-0.2, -0.15) is 5.10 Å². The lowest BCUT2D eigenvalue weighted by Crippen LogP contribution is -1.98. The molecule has 3 aromatic carbocycles. The molecule has 0 fully saturated rings. The Morgan fingerprint density at radius 3 is 2.70 bits per heavy atom. The Balaban J connectivity index is 0.000000161. The van der Waals surface area contributed by atoms with Crippen LogP contribution in [-0.4, -0.2) is 22.6 Å². The Morgan fingerprint density at radius 2 is 1.83 bits per heavy atom. The summed E-state index contributed by atoms with van der Waals surface area (Å²) in [4.78, 5) is 10.9. The second-order valence-corrected chi connectivity index (χ2v) is 6.72. The number of hydrogen-bond donors (Lipinski definition) is 2. The summed E-state index contributed by atoms with van der Waals surface area (Å²) in [5.41, 5.74) is 3.59. The van der Waals surface area contributed by atoms with Gasteiger partial charge in [0.15, 0.2) is 18.0 Å². The van der Waals surface area contributed by atoms with Crippen LogP contribution < -0.4 is 10.1 Å². The Labute approximate surface area is 170 Å². The molecule has 148 valence electrons. The standard InChI is InChI=1S/C15H10FN3O.C8H6O2/c16-9-4-3-5-10(8-9)17-15-14-13(18-19-15)11-6-1-2-7-12(11)20-14;9-7-5-10-8-4-2-1-3-6(7)8/h1-8H,(H2,17,18,19);1-4H,5H2. The quantitative estimate of drug-likeness (QED) is 0.411. The van der Waals surface area contributed by atoms with Gasteiger partial charge in [0.25, 0.3) is 0 Å². The summed E-state index contributed by atoms with van der Waals surface area (Å²) in [6.45, 7) is 0.208. The van der Waals surface area contributed by atoms with Crippen LogP contribution in [0, 0.1) is 5.82 Å². The van der Waals surface area contributed by atoms with Crippen LogP contribution in [0.5, 0.6) is 5.75 Å². The molecule has 0 atom stereocenters. The van der Waals surface area contributed by atoms with E-state index >= 15 is 0 Å². The van der Waals surface area contributed by atoms with Crippen LogP contribution in [0.4, 0.5) is 15.9 Å². The van der Waals surface area contributed by atoms with Crippen molar-refractivity contribution in [1.29, 1.82) is 0 Å². The number of aromatic nitrogens is 2. The fraction of sp³-hybridized carbons (Fsp3) is 0.0435. The zero-order chi connectivity index (χ0) is 20.5. The molecule has 2 N–H and O–H groups in total. The second kappa shape index (κ2) is 7.36. The molecule has 0 saturated carbocycles. The highest BCUT2D eigenvalue weighted by atomic mass is 19.1. The van der Waals surface area contributed by atoms with E-state index in [9.17, 15) is 9.18 Å². The van der Waals surface area contributed by atoms with Gasteiger partial charge in [-0.25, -0.2) is 4.39 Å². The second-order valence-electron chi connectivity index (χ2n) is 6.72. The number of anilines is 2. The molecular formula is C23H16FN3O3. The van der Waals surface area contributed by atoms with Gasteiger partial charge in [-0.05, 0) is 42.5 Å². The average molecular weight is 401 g/mol. The smallest absolute Gasteiger partial charge is 0.203 e. The number of rotatable bonds is 2. The minimum Gasteiger partial charge on any atom is -0.485 e. The van der Waals surface area contributed by atoms with Gasteiger partial charge in [-0.15, -0.1) is 0 Å². The molecule has 30 heavy (non-hydrogen) atoms. The molecule has 0 spiro atoms. The number of hydrogen-bond acceptors (Lipinski definition) is 5. The van der Waals surface area contributed by atoms with E-state index in [0.717, 1.165) is 16.5 Å². The van der Waals surface area contributed by atoms with Gasteiger partial charge in [-0.1, -0.05) is 30.3 Å². The first-order valence-corrected chi connectivity index (χ1v) is 9.32. The van der Waals surface area contributed by atoms with Crippen LogP contribution in [0.2, 0.25) is 0 Å². The molecule has 0 unspecified atom stereocenters. The molecule has 2 aromatic heterocycles. The van der Waals surface area contributed by atoms with Gasteiger partial charge >= 0.3 is 0 Å². The van der Waals surface area contributed by atoms with E-state index in [-0.39, 0.29) is 18.2 Å². The molecule has 0 radical (unpaired) electrons. The number of ketones is 1. The summed E-state index contributed by atoms with van der Waals surface area (Å²) in [5, 5.41) is 11.2. The maximum atomic E-state index is 13.2. The van der Waals surface area contributed by atoms with Gasteiger partial charge in [-0.3, -0.25) is 9.89 Å². The highest BCUT2D eigenvalue weighted by Gasteiger charge is 2.19. The number of carbonyl (C=O) groups is 1. The fourth-order valence-corrected chi connectivity index (χ4v) is 3.32. The highest BCUT2D eigenvalue weighted by Crippen LogP contribution is 2.32. The van der Waals surface area contributed by atoms with Crippen molar-refractivity contribution in [3.05, 3.63) is 84.2 Å². The number of halogens is 1. The Hall–Kier alpha value is -4.13. The van der Waals surface area contributed by atoms with E-state index in [1.807, 2.05) is 36.4 Å². The fourth-order valence-electron chi connectivity index (χ4n) is 3.32. The van der Waals surface area contributed by atoms with Gasteiger partial charge in [0, 0.05) is 11.1 Å². The Kier molecular flexibility index (Phi) is 4.40. The molecule has 3 heterocycles. The lowest BCUT2D eigenvalue weighted by Gasteiger charge is -2.01. The van der Waals surface area contributed by atoms with Crippen LogP contribution in [0.25, 0.3) is 22.1 Å². The van der Waals surface area contributed by atoms with Gasteiger partial charge < -0.3 is 14.5 Å². The predicted molar refractivity (Wildman–Crippen MR) is 112 cm³/mol. The predicted octanol–water partition coefficient (Wildman–Crippen LogP) is 5.45. The third kappa shape index (κ3) is 3.26. The first kappa shape index (κ1) is 17.9. The van der Waals surface area contributed by atoms with Gasteiger partial charge in [0.2, 0.25) is 5.78 Å². The first-order valence-electron chi connectivity index (χ1n) is 9.32. The van der Waals surface area contributed by atoms with Crippen molar-refractivity contribution in [2.75, 3.05) is 11.9 Å². The van der Waals surface area contributed by atoms with E-state index in [2.05, 4.69) is 15.5 Å². The lowest BCUT2D eigenvalue weighted by molar-refractivity contribution is 0.0961. The first-order chi connectivity index (χ1) is 14.7. The Bertz CT molecular complexity index is 1370. The van der Waals surface area contributed by atoms with Crippen molar-refractivity contribution < 1.29 is 18.3 Å². The van der Waals surface area contributed by atoms with Crippen molar-refractivity contribution >= 4 is 39.4 Å². The van der Waals surface area contributed by atoms with Gasteiger partial charge in [0.1, 0.15) is 22.7 Å². The molecule has 7 heteroatoms. The van der Waals surface area contributed by atoms with Crippen LogP contribution in [0.1, 0.15) is 10.4 Å². The molecule has 6 nitrogen and oxygen atoms in total. The Morgan fingerprint density at radius 1 is 1.00 bits per heavy atom. The molecule has 0 amide bonds. The average Bonchev–Trinajstić information content (AvgIpc) is 3.44. The SMILES string of the molecule is Fc1cccc(Nc2n[nH]c3c2oc2ccccc23)c1.O=C1COc2ccccc21. The summed E-state index contributed by atoms with van der Waals surface area (Å²) in [6.07, 6.45) is 0. The molecule has 0 aliphatic carbocycles. The summed E-state index contributed by atoms with van der Waals surface area (Å²) in [7, 11) is 0. The van der Waals surface area contributed by atoms with Crippen molar-refractivity contribution in [2.45, 2.75) is 0 Å². The number of fused-ring (bicyclic) bond motifs is 4. The molecule has 6 rings (SSSR count). The number of para-hydroxylation sites is 2. The third-order valence-corrected chi connectivity index (χ3v) is 4.72. The minimum atomic E-state index is -0.300. The van der Waals surface area contributed by atoms with E-state index in [1.165, 1.54) is 12.1 Å². The maximum absolute atomic E-state index is 13.2. The number of nitrogens with zero attached hydrogens (tertiary/aromatic N) is 1. The highest BCUT2D eigenvalue weighted by molar-refractivity contribution is 6.06. The van der Waals surface area contributed by atoms with Crippen LogP contribution in [0.3, 0.4) is 0 Å². The van der Waals surface area contributed by atoms with Crippen molar-refractivity contribution in [1.82, 2.24) is 10.2 Å². The van der Waals surface area contributed by atoms with Gasteiger partial charge in [0.05, 0.1) is 5.56 Å². The maximum Gasteiger partial charge on any atom is 0.203 e. The van der Waals surface area contributed by atoms with Crippen LogP contribution >= 0.6 is 0 Å². The molecule has 0 saturated heterocycles. The topological polar surface area (TPSA) is 80.2 Å². The number of nitrogens with one attached hydrogen (secondary N) is 2. The zero-order valence-electron chi connectivity index (χ0n) is 15.7. The van der Waals surface area contributed by atoms with Crippen LogP contribution in [-0.2, 0) is 0 Å². The monoisotopic (exact) mass is 401 g/mol. The zero-order valence-corrected chi connectivity index (χ0v) is 15.7. The normalized spacial score (nSPS) is 12.4. The number of H-pyrrole nitrogens is 1. The van der Waals surface area contributed by atoms with Crippen LogP contribution in [0.15, 0.2) is 77.2 Å². The van der Waals surface area contributed by atoms with Crippen molar-refractivity contribution in [2.24, 2.45) is 0 Å².